The second-order valence-corrected chi connectivity index (χ2v) is 23.5. The SMILES string of the molecule is [2H]c1cc([Si](c2c([2H])c([2H])c([2H])c([2H])c2[2H])(c2c([2H])c([2H])c([2H])c([2H])c2[2H])c2c([2H])c([2H])c([2H])c([2H])c2[2H])c([2H])c(-c2cccc(-c3c([2H])c([2H])c4c(c3[2H])C(C([2H])([2H])[2H])(C([2H])([2H])[2H])C([2H])([2H])C([2H])([2H])C4(C([2H])([2H])[2H])C([2H])([2H])[2H])c2-[n+]2[c-]n(-c3cccc(Oc4ccc5c6ccccc6n(-c6cc(C([2H])([2H])[2H])c(-c7c([2H])c([2H])c([2H])c([2H])c7[2H])cn6)c5c4)c3)c3ccccc32)c1[2H]. The van der Waals surface area contributed by atoms with Gasteiger partial charge in [0.25, 0.3) is 6.33 Å². The van der Waals surface area contributed by atoms with Gasteiger partial charge in [-0.25, -0.2) is 4.98 Å². The standard InChI is InChI=1S/C81H66N4OSi/c1-56-49-78(82-54-71(56)57-25-10-6-11-26-57)85-74-40-19-18-37-69(74)70-45-44-62(53-77(70)85)86-61-29-23-28-60(52-61)83-55-84(76-42-21-20-41-75(76)83)79-67(38-24-39-68(79)59-43-46-72-73(51-59)81(4,5)48-47-80(72,2)3)58-27-22-36-66(50-58)87(63-30-12-7-13-31-63,64-32-14-8-15-33-64)65-34-16-9-17-35-65/h6-46,49-54H,47-48H2,1-5H3/i1D3,2D3,3D3,4D3,5D3,6D,7D,8D,9D,10D,11D,12D,13D,14D,15D,16D,17D,22D,25D,26D,27D,30D,31D,32D,33D,34D,35D,43D,46D,47D2,48D2,50D,51D. The van der Waals surface area contributed by atoms with Crippen molar-refractivity contribution in [1.29, 1.82) is 0 Å². The summed E-state index contributed by atoms with van der Waals surface area (Å²) in [5.74, 6) is 0.0938. The van der Waals surface area contributed by atoms with E-state index in [1.807, 2.05) is 0 Å². The van der Waals surface area contributed by atoms with Crippen LogP contribution in [0.4, 0.5) is 0 Å². The molecule has 0 atom stereocenters. The molecule has 1 aliphatic carbocycles. The van der Waals surface area contributed by atoms with E-state index in [1.165, 1.54) is 59.2 Å². The summed E-state index contributed by atoms with van der Waals surface area (Å²) in [5.41, 5.74) is -18.1. The van der Waals surface area contributed by atoms with Crippen LogP contribution < -0.4 is 30.1 Å². The van der Waals surface area contributed by atoms with E-state index in [-0.39, 0.29) is 39.6 Å². The van der Waals surface area contributed by atoms with Crippen LogP contribution in [0.15, 0.2) is 285 Å². The second-order valence-electron chi connectivity index (χ2n) is 20.0. The van der Waals surface area contributed by atoms with Crippen LogP contribution in [-0.2, 0) is 10.8 Å². The lowest BCUT2D eigenvalue weighted by Crippen LogP contribution is -2.74. The predicted molar refractivity (Wildman–Crippen MR) is 362 cm³/mol. The van der Waals surface area contributed by atoms with Gasteiger partial charge in [0.15, 0.2) is 8.07 Å². The third-order valence-corrected chi connectivity index (χ3v) is 19.0. The molecule has 0 N–H and O–H groups in total. The fourth-order valence-corrected chi connectivity index (χ4v) is 14.7. The van der Waals surface area contributed by atoms with E-state index >= 15 is 0 Å². The molecular weight excluding hydrogens is 1070 g/mol. The van der Waals surface area contributed by atoms with Gasteiger partial charge in [0.05, 0.1) is 69.1 Å². The summed E-state index contributed by atoms with van der Waals surface area (Å²) in [6.07, 6.45) is -5.42. The van der Waals surface area contributed by atoms with Gasteiger partial charge >= 0.3 is 0 Å². The fourth-order valence-electron chi connectivity index (χ4n) is 11.1. The highest BCUT2D eigenvalue weighted by Gasteiger charge is 2.42. The van der Waals surface area contributed by atoms with Crippen molar-refractivity contribution in [3.8, 4) is 62.1 Å². The molecule has 0 radical (unpaired) electrons. The van der Waals surface area contributed by atoms with E-state index in [1.54, 1.807) is 47.0 Å². The molecule has 11 aromatic carbocycles. The Morgan fingerprint density at radius 1 is 0.517 bits per heavy atom. The number of imidazole rings is 1. The Morgan fingerprint density at radius 2 is 1.13 bits per heavy atom. The van der Waals surface area contributed by atoms with E-state index in [0.29, 0.717) is 27.9 Å². The maximum absolute atomic E-state index is 11.0. The molecule has 3 aromatic heterocycles. The molecule has 0 aliphatic heterocycles. The Bertz CT molecular complexity index is 7030. The van der Waals surface area contributed by atoms with Crippen LogP contribution >= 0.6 is 0 Å². The molecule has 420 valence electrons. The smallest absolute Gasteiger partial charge is 0.269 e. The van der Waals surface area contributed by atoms with Gasteiger partial charge in [-0.05, 0) is 138 Å². The quantitative estimate of drug-likeness (QED) is 0.0529. The predicted octanol–water partition coefficient (Wildman–Crippen LogP) is 17.0. The van der Waals surface area contributed by atoms with Gasteiger partial charge in [-0.1, -0.05) is 257 Å². The molecule has 0 spiro atoms. The maximum Gasteiger partial charge on any atom is 0.269 e. The summed E-state index contributed by atoms with van der Waals surface area (Å²) >= 11 is 0. The van der Waals surface area contributed by atoms with Crippen molar-refractivity contribution in [3.63, 3.8) is 0 Å². The highest BCUT2D eigenvalue weighted by Crippen LogP contribution is 2.48. The van der Waals surface area contributed by atoms with Crippen LogP contribution in [0.25, 0.3) is 83.4 Å². The maximum atomic E-state index is 11.0. The number of rotatable bonds is 12. The first kappa shape index (κ1) is 24.0. The number of pyridine rings is 1. The van der Waals surface area contributed by atoms with Crippen molar-refractivity contribution in [2.45, 2.75) is 57.8 Å². The molecule has 5 nitrogen and oxygen atoms in total. The summed E-state index contributed by atoms with van der Waals surface area (Å²) in [6, 6.07) is -2.88. The van der Waals surface area contributed by atoms with Crippen LogP contribution in [0, 0.1) is 13.2 Å². The van der Waals surface area contributed by atoms with Crippen LogP contribution in [0.3, 0.4) is 0 Å². The van der Waals surface area contributed by atoms with Crippen molar-refractivity contribution in [2.24, 2.45) is 0 Å². The molecule has 0 amide bonds. The molecule has 0 fully saturated rings. The Morgan fingerprint density at radius 3 is 1.83 bits per heavy atom. The van der Waals surface area contributed by atoms with Gasteiger partial charge in [0, 0.05) is 54.6 Å². The molecule has 6 heteroatoms. The highest BCUT2D eigenvalue weighted by atomic mass is 28.3. The minimum atomic E-state index is -6.53. The van der Waals surface area contributed by atoms with E-state index in [2.05, 4.69) is 11.3 Å². The van der Waals surface area contributed by atoms with Gasteiger partial charge in [-0.15, -0.1) is 0 Å². The first-order valence-corrected chi connectivity index (χ1v) is 28.6. The summed E-state index contributed by atoms with van der Waals surface area (Å²) < 4.78 is 430. The van der Waals surface area contributed by atoms with Gasteiger partial charge < -0.3 is 4.74 Å². The highest BCUT2D eigenvalue weighted by molar-refractivity contribution is 7.19. The number of ether oxygens (including phenoxy) is 1. The zero-order valence-electron chi connectivity index (χ0n) is 89.8. The molecule has 87 heavy (non-hydrogen) atoms. The fraction of sp³-hybridized carbons (Fsp3) is 0.111. The van der Waals surface area contributed by atoms with Crippen molar-refractivity contribution >= 4 is 61.7 Å². The van der Waals surface area contributed by atoms with Crippen LogP contribution in [0.5, 0.6) is 11.5 Å². The zero-order valence-corrected chi connectivity index (χ0v) is 45.8. The number of fused-ring (bicyclic) bond motifs is 5. The molecule has 14 aromatic rings. The first-order valence-electron chi connectivity index (χ1n) is 49.1. The lowest BCUT2D eigenvalue weighted by molar-refractivity contribution is -0.571. The lowest BCUT2D eigenvalue weighted by atomic mass is 9.63. The number of para-hydroxylation sites is 4. The Balaban J connectivity index is 1.07. The average Bonchev–Trinajstić information content (AvgIpc) is 0.703. The van der Waals surface area contributed by atoms with Gasteiger partial charge in [-0.2, -0.15) is 0 Å². The molecule has 0 unspecified atom stereocenters. The van der Waals surface area contributed by atoms with Crippen molar-refractivity contribution in [3.05, 3.63) is 308 Å². The number of hydrogen-bond donors (Lipinski definition) is 0. The minimum Gasteiger partial charge on any atom is -0.458 e. The average molecular weight is 1180 g/mol. The van der Waals surface area contributed by atoms with E-state index in [9.17, 15) is 38.4 Å². The number of benzene rings is 11. The van der Waals surface area contributed by atoms with E-state index < -0.39 is 294 Å². The summed E-state index contributed by atoms with van der Waals surface area (Å²) in [5, 5.41) is -3.37. The third-order valence-electron chi connectivity index (χ3n) is 14.9. The number of aryl methyl sites for hydroxylation is 1. The molecule has 15 rings (SSSR count). The number of aromatic nitrogens is 4. The van der Waals surface area contributed by atoms with Gasteiger partial charge in [-0.3, -0.25) is 13.7 Å². The largest absolute Gasteiger partial charge is 0.458 e. The molecule has 3 heterocycles. The minimum absolute atomic E-state index is 0.00786. The number of hydrogen-bond acceptors (Lipinski definition) is 2. The zero-order chi connectivity index (χ0) is 97.6. The first-order chi connectivity index (χ1) is 61.1. The summed E-state index contributed by atoms with van der Waals surface area (Å²) in [4.78, 5) is 4.66. The van der Waals surface area contributed by atoms with E-state index in [0.717, 1.165) is 29.0 Å². The van der Waals surface area contributed by atoms with Gasteiger partial charge in [0.1, 0.15) is 17.3 Å². The van der Waals surface area contributed by atoms with Crippen LogP contribution in [0.2, 0.25) is 0 Å². The third kappa shape index (κ3) is 9.22. The van der Waals surface area contributed by atoms with E-state index in [4.69, 9.17) is 28.0 Å². The Hall–Kier alpha value is -10.1. The van der Waals surface area contributed by atoms with Gasteiger partial charge in [0.2, 0.25) is 0 Å². The molecule has 0 saturated carbocycles. The van der Waals surface area contributed by atoms with Crippen LogP contribution in [-0.4, -0.2) is 22.2 Å². The monoisotopic (exact) mass is 1180 g/mol. The van der Waals surface area contributed by atoms with Crippen molar-refractivity contribution in [2.75, 3.05) is 0 Å². The number of nitrogens with zero attached hydrogens (tertiary/aromatic N) is 4. The second kappa shape index (κ2) is 21.4. The molecule has 0 saturated heterocycles. The summed E-state index contributed by atoms with van der Waals surface area (Å²) in [6.45, 7) is -21.3. The molecule has 1 aliphatic rings. The van der Waals surface area contributed by atoms with Crippen molar-refractivity contribution in [1.82, 2.24) is 14.1 Å². The van der Waals surface area contributed by atoms with Crippen molar-refractivity contribution < 1.29 is 71.0 Å². The molecule has 0 bridgehead atoms. The van der Waals surface area contributed by atoms with Crippen LogP contribution in [0.1, 0.15) is 119 Å². The topological polar surface area (TPSA) is 35.9 Å². The Labute approximate surface area is 574 Å². The molecular formula is C81H66N4OSi. The normalized spacial score (nSPS) is 23.0. The lowest BCUT2D eigenvalue weighted by Gasteiger charge is -2.42. The Kier molecular flexibility index (Phi) is 5.90. The summed E-state index contributed by atoms with van der Waals surface area (Å²) in [7, 11) is -6.53.